The van der Waals surface area contributed by atoms with Gasteiger partial charge in [-0.15, -0.1) is 0 Å². The van der Waals surface area contributed by atoms with Gasteiger partial charge in [-0.05, 0) is 19.3 Å². The maximum Gasteiger partial charge on any atom is 0.315 e. The monoisotopic (exact) mass is 206 g/mol. The summed E-state index contributed by atoms with van der Waals surface area (Å²) in [5, 5.41) is 10.0. The van der Waals surface area contributed by atoms with E-state index in [1.54, 1.807) is 6.42 Å². The Morgan fingerprint density at radius 2 is 2.15 bits per heavy atom. The van der Waals surface area contributed by atoms with Gasteiger partial charge in [0.25, 0.3) is 10.0 Å². The zero-order valence-electron chi connectivity index (χ0n) is 6.92. The predicted octanol–water partition coefficient (Wildman–Crippen LogP) is -0.335. The summed E-state index contributed by atoms with van der Waals surface area (Å²) in [7, 11) is -3.70. The molecule has 0 amide bonds. The highest BCUT2D eigenvalue weighted by Gasteiger charge is 2.28. The number of hydrogen-bond acceptors (Lipinski definition) is 4. The van der Waals surface area contributed by atoms with Crippen molar-refractivity contribution in [1.29, 1.82) is 0 Å². The summed E-state index contributed by atoms with van der Waals surface area (Å²) in [4.78, 5) is 9.21. The number of nitrogens with zero attached hydrogens (tertiary/aromatic N) is 2. The van der Waals surface area contributed by atoms with Gasteiger partial charge in [-0.1, -0.05) is 0 Å². The Morgan fingerprint density at radius 1 is 1.46 bits per heavy atom. The topological polar surface area (TPSA) is 80.5 Å². The predicted molar refractivity (Wildman–Crippen MR) is 45.6 cm³/mol. The van der Waals surface area contributed by atoms with Crippen LogP contribution in [0.4, 0.5) is 0 Å². The summed E-state index contributed by atoms with van der Waals surface area (Å²) >= 11 is 0. The first-order valence-corrected chi connectivity index (χ1v) is 5.38. The highest BCUT2D eigenvalue weighted by Crippen LogP contribution is 2.11. The molecule has 0 N–H and O–H groups in total. The smallest absolute Gasteiger partial charge is 0.263 e. The van der Waals surface area contributed by atoms with Gasteiger partial charge >= 0.3 is 5.88 Å². The Kier molecular flexibility index (Phi) is 3.21. The standard InChI is InChI=1S/C6H10N2O4S/c9-8(10)6-13(11,12)7-4-2-1-3-5-7/h1-2H,3-6H2. The van der Waals surface area contributed by atoms with Gasteiger partial charge < -0.3 is 0 Å². The molecule has 0 aliphatic carbocycles. The van der Waals surface area contributed by atoms with Gasteiger partial charge in [0.15, 0.2) is 0 Å². The average Bonchev–Trinajstić information content (AvgIpc) is 2.04. The average molecular weight is 206 g/mol. The molecular weight excluding hydrogens is 196 g/mol. The van der Waals surface area contributed by atoms with E-state index in [2.05, 4.69) is 0 Å². The van der Waals surface area contributed by atoms with Gasteiger partial charge in [0.2, 0.25) is 0 Å². The van der Waals surface area contributed by atoms with E-state index < -0.39 is 20.8 Å². The van der Waals surface area contributed by atoms with Crippen LogP contribution in [-0.2, 0) is 10.0 Å². The Labute approximate surface area is 76.7 Å². The second-order valence-electron chi connectivity index (χ2n) is 2.69. The molecule has 0 bridgehead atoms. The zero-order valence-corrected chi connectivity index (χ0v) is 7.74. The second-order valence-corrected chi connectivity index (χ2v) is 4.63. The lowest BCUT2D eigenvalue weighted by atomic mass is 10.2. The van der Waals surface area contributed by atoms with E-state index >= 15 is 0 Å². The molecule has 1 fully saturated rings. The lowest BCUT2D eigenvalue weighted by molar-refractivity contribution is -0.459. The minimum Gasteiger partial charge on any atom is -0.263 e. The first-order chi connectivity index (χ1) is 6.02. The third-order valence-corrected chi connectivity index (χ3v) is 3.34. The molecule has 1 rings (SSSR count). The van der Waals surface area contributed by atoms with Crippen molar-refractivity contribution < 1.29 is 13.3 Å². The summed E-state index contributed by atoms with van der Waals surface area (Å²) in [6.45, 7) is 0.586. The van der Waals surface area contributed by atoms with Crippen LogP contribution in [0.15, 0.2) is 0 Å². The van der Waals surface area contributed by atoms with Crippen molar-refractivity contribution in [2.24, 2.45) is 0 Å². The van der Waals surface area contributed by atoms with Crippen LogP contribution in [0.1, 0.15) is 6.42 Å². The molecule has 6 nitrogen and oxygen atoms in total. The fourth-order valence-corrected chi connectivity index (χ4v) is 2.21. The van der Waals surface area contributed by atoms with Crippen LogP contribution in [0.2, 0.25) is 0 Å². The van der Waals surface area contributed by atoms with Crippen molar-refractivity contribution in [1.82, 2.24) is 4.31 Å². The molecule has 0 unspecified atom stereocenters. The van der Waals surface area contributed by atoms with Crippen LogP contribution in [-0.4, -0.2) is 36.6 Å². The largest absolute Gasteiger partial charge is 0.315 e. The molecule has 0 saturated carbocycles. The normalized spacial score (nSPS) is 20.0. The summed E-state index contributed by atoms with van der Waals surface area (Å²) in [6.07, 6.45) is 4.18. The molecule has 1 saturated heterocycles. The summed E-state index contributed by atoms with van der Waals surface area (Å²) in [5.74, 6) is -1.01. The number of piperidine rings is 1. The van der Waals surface area contributed by atoms with Crippen LogP contribution in [0.5, 0.6) is 0 Å². The lowest BCUT2D eigenvalue weighted by Crippen LogP contribution is -2.39. The van der Waals surface area contributed by atoms with Gasteiger partial charge in [0, 0.05) is 18.0 Å². The zero-order chi connectivity index (χ0) is 9.90. The fraction of sp³-hybridized carbons (Fsp3) is 0.667. The van der Waals surface area contributed by atoms with E-state index in [1.165, 1.54) is 0 Å². The first kappa shape index (κ1) is 10.4. The summed E-state index contributed by atoms with van der Waals surface area (Å²) < 4.78 is 23.6. The fourth-order valence-electron chi connectivity index (χ4n) is 1.09. The van der Waals surface area contributed by atoms with Crippen molar-refractivity contribution in [3.05, 3.63) is 23.0 Å². The van der Waals surface area contributed by atoms with E-state index in [-0.39, 0.29) is 6.54 Å². The minimum atomic E-state index is -3.70. The molecule has 7 heteroatoms. The van der Waals surface area contributed by atoms with Crippen molar-refractivity contribution in [2.75, 3.05) is 19.0 Å². The third kappa shape index (κ3) is 2.92. The highest BCUT2D eigenvalue weighted by atomic mass is 32.2. The first-order valence-electron chi connectivity index (χ1n) is 3.77. The molecule has 0 aromatic carbocycles. The van der Waals surface area contributed by atoms with Crippen molar-refractivity contribution in [3.8, 4) is 0 Å². The molecule has 13 heavy (non-hydrogen) atoms. The molecule has 1 aliphatic rings. The Morgan fingerprint density at radius 3 is 2.62 bits per heavy atom. The Bertz CT molecular complexity index is 281. The summed E-state index contributed by atoms with van der Waals surface area (Å²) in [6, 6.07) is 0. The van der Waals surface area contributed by atoms with Crippen molar-refractivity contribution >= 4 is 10.0 Å². The quantitative estimate of drug-likeness (QED) is 0.467. The molecule has 0 atom stereocenters. The van der Waals surface area contributed by atoms with Crippen molar-refractivity contribution in [2.45, 2.75) is 6.42 Å². The van der Waals surface area contributed by atoms with E-state index in [0.29, 0.717) is 13.0 Å². The Hall–Kier alpha value is -0.690. The number of rotatable bonds is 3. The maximum atomic E-state index is 11.2. The molecule has 1 heterocycles. The molecular formula is C6H10N2O4S. The van der Waals surface area contributed by atoms with Gasteiger partial charge in [-0.3, -0.25) is 10.1 Å². The van der Waals surface area contributed by atoms with E-state index in [4.69, 9.17) is 0 Å². The molecule has 74 valence electrons. The molecule has 2 radical (unpaired) electrons. The Balaban J connectivity index is 2.62. The van der Waals surface area contributed by atoms with Crippen molar-refractivity contribution in [3.63, 3.8) is 0 Å². The number of nitro groups is 1. The highest BCUT2D eigenvalue weighted by molar-refractivity contribution is 7.88. The van der Waals surface area contributed by atoms with Crippen LogP contribution in [0, 0.1) is 23.0 Å². The van der Waals surface area contributed by atoms with Gasteiger partial charge in [-0.2, -0.15) is 4.31 Å². The van der Waals surface area contributed by atoms with Crippen LogP contribution in [0.25, 0.3) is 0 Å². The second kappa shape index (κ2) is 4.01. The van der Waals surface area contributed by atoms with E-state index in [9.17, 15) is 18.5 Å². The van der Waals surface area contributed by atoms with Crippen LogP contribution < -0.4 is 0 Å². The summed E-state index contributed by atoms with van der Waals surface area (Å²) in [5.41, 5.74) is 0. The minimum absolute atomic E-state index is 0.246. The van der Waals surface area contributed by atoms with Crippen LogP contribution in [0.3, 0.4) is 0 Å². The number of sulfonamides is 1. The van der Waals surface area contributed by atoms with Gasteiger partial charge in [0.1, 0.15) is 0 Å². The molecule has 0 aromatic rings. The van der Waals surface area contributed by atoms with Crippen LogP contribution >= 0.6 is 0 Å². The molecule has 1 aliphatic heterocycles. The molecule has 0 aromatic heterocycles. The molecule has 0 spiro atoms. The van der Waals surface area contributed by atoms with E-state index in [1.807, 2.05) is 6.42 Å². The number of hydrogen-bond donors (Lipinski definition) is 0. The maximum absolute atomic E-state index is 11.2. The van der Waals surface area contributed by atoms with Gasteiger partial charge in [-0.25, -0.2) is 8.42 Å². The van der Waals surface area contributed by atoms with Gasteiger partial charge in [0.05, 0.1) is 0 Å². The SMILES string of the molecule is O=[N+]([O-])CS(=O)(=O)N1C[CH][CH]CC1. The van der Waals surface area contributed by atoms with E-state index in [0.717, 1.165) is 4.31 Å². The lowest BCUT2D eigenvalue weighted by Gasteiger charge is -2.23. The third-order valence-electron chi connectivity index (χ3n) is 1.68.